The molecule has 1 aliphatic heterocycles. The van der Waals surface area contributed by atoms with Gasteiger partial charge in [0, 0.05) is 25.4 Å². The number of amides is 1. The van der Waals surface area contributed by atoms with E-state index in [-0.39, 0.29) is 5.91 Å². The molecular weight excluding hydrogens is 252 g/mol. The van der Waals surface area contributed by atoms with Gasteiger partial charge in [0.15, 0.2) is 0 Å². The molecule has 1 unspecified atom stereocenters. The molecule has 1 heterocycles. The molecule has 0 radical (unpaired) electrons. The lowest BCUT2D eigenvalue weighted by atomic mass is 10.0. The van der Waals surface area contributed by atoms with Crippen molar-refractivity contribution in [3.8, 4) is 0 Å². The van der Waals surface area contributed by atoms with E-state index in [1.54, 1.807) is 0 Å². The summed E-state index contributed by atoms with van der Waals surface area (Å²) in [6.07, 6.45) is 3.26. The van der Waals surface area contributed by atoms with E-state index in [0.717, 1.165) is 50.3 Å². The second-order valence-corrected chi connectivity index (χ2v) is 5.27. The normalized spacial score (nSPS) is 18.6. The van der Waals surface area contributed by atoms with Gasteiger partial charge in [0.05, 0.1) is 12.2 Å². The van der Waals surface area contributed by atoms with Crippen LogP contribution in [0.5, 0.6) is 0 Å². The molecule has 4 heteroatoms. The van der Waals surface area contributed by atoms with Crippen LogP contribution in [-0.4, -0.2) is 32.2 Å². The van der Waals surface area contributed by atoms with Crippen LogP contribution < -0.4 is 10.6 Å². The quantitative estimate of drug-likeness (QED) is 0.840. The van der Waals surface area contributed by atoms with Crippen LogP contribution in [0.2, 0.25) is 0 Å². The van der Waals surface area contributed by atoms with E-state index in [9.17, 15) is 4.79 Å². The van der Waals surface area contributed by atoms with Crippen molar-refractivity contribution in [1.29, 1.82) is 0 Å². The molecule has 20 heavy (non-hydrogen) atoms. The highest BCUT2D eigenvalue weighted by atomic mass is 16.5. The summed E-state index contributed by atoms with van der Waals surface area (Å²) in [5.41, 5.74) is 1.63. The Morgan fingerprint density at radius 3 is 3.00 bits per heavy atom. The number of carbonyl (C=O) groups excluding carboxylic acids is 1. The summed E-state index contributed by atoms with van der Waals surface area (Å²) in [7, 11) is 0. The lowest BCUT2D eigenvalue weighted by molar-refractivity contribution is 0.0536. The van der Waals surface area contributed by atoms with Gasteiger partial charge in [-0.2, -0.15) is 0 Å². The van der Waals surface area contributed by atoms with Gasteiger partial charge in [-0.15, -0.1) is 0 Å². The summed E-state index contributed by atoms with van der Waals surface area (Å²) in [6.45, 7) is 5.30. The summed E-state index contributed by atoms with van der Waals surface area (Å²) in [4.78, 5) is 12.3. The van der Waals surface area contributed by atoms with E-state index in [0.29, 0.717) is 12.5 Å². The first-order chi connectivity index (χ1) is 9.81. The fourth-order valence-corrected chi connectivity index (χ4v) is 2.40. The number of benzene rings is 1. The topological polar surface area (TPSA) is 50.4 Å². The molecule has 4 nitrogen and oxygen atoms in total. The minimum Gasteiger partial charge on any atom is -0.384 e. The number of carbonyl (C=O) groups is 1. The molecule has 110 valence electrons. The van der Waals surface area contributed by atoms with Crippen LogP contribution in [0, 0.1) is 5.92 Å². The van der Waals surface area contributed by atoms with Crippen molar-refractivity contribution in [2.24, 2.45) is 5.92 Å². The fourth-order valence-electron chi connectivity index (χ4n) is 2.40. The van der Waals surface area contributed by atoms with E-state index in [2.05, 4.69) is 17.6 Å². The lowest BCUT2D eigenvalue weighted by Crippen LogP contribution is -2.33. The Balaban J connectivity index is 1.90. The molecule has 2 rings (SSSR count). The van der Waals surface area contributed by atoms with Crippen molar-refractivity contribution in [3.05, 3.63) is 29.8 Å². The number of hydrogen-bond donors (Lipinski definition) is 2. The summed E-state index contributed by atoms with van der Waals surface area (Å²) in [6, 6.07) is 7.67. The molecular formula is C16H24N2O2. The Morgan fingerprint density at radius 2 is 2.25 bits per heavy atom. The Bertz CT molecular complexity index is 428. The van der Waals surface area contributed by atoms with Crippen LogP contribution in [0.15, 0.2) is 24.3 Å². The first-order valence-electron chi connectivity index (χ1n) is 7.50. The number of nitrogens with one attached hydrogen (secondary N) is 2. The maximum atomic E-state index is 12.3. The predicted octanol–water partition coefficient (Wildman–Crippen LogP) is 2.66. The molecule has 1 amide bonds. The van der Waals surface area contributed by atoms with Gasteiger partial charge < -0.3 is 15.4 Å². The van der Waals surface area contributed by atoms with Gasteiger partial charge in [0.2, 0.25) is 0 Å². The van der Waals surface area contributed by atoms with Gasteiger partial charge >= 0.3 is 0 Å². The molecule has 0 saturated carbocycles. The summed E-state index contributed by atoms with van der Waals surface area (Å²) >= 11 is 0. The zero-order valence-corrected chi connectivity index (χ0v) is 12.2. The minimum atomic E-state index is -0.00484. The van der Waals surface area contributed by atoms with Crippen molar-refractivity contribution in [3.63, 3.8) is 0 Å². The van der Waals surface area contributed by atoms with Crippen molar-refractivity contribution >= 4 is 11.6 Å². The fraction of sp³-hybridized carbons (Fsp3) is 0.562. The first-order valence-corrected chi connectivity index (χ1v) is 7.50. The number of para-hydroxylation sites is 1. The van der Waals surface area contributed by atoms with Crippen molar-refractivity contribution in [2.45, 2.75) is 26.2 Å². The van der Waals surface area contributed by atoms with Crippen LogP contribution in [0.1, 0.15) is 36.5 Å². The highest BCUT2D eigenvalue weighted by Crippen LogP contribution is 2.16. The first kappa shape index (κ1) is 14.9. The highest BCUT2D eigenvalue weighted by molar-refractivity contribution is 5.99. The van der Waals surface area contributed by atoms with E-state index in [1.165, 1.54) is 0 Å². The van der Waals surface area contributed by atoms with Crippen LogP contribution in [-0.2, 0) is 4.74 Å². The van der Waals surface area contributed by atoms with Gasteiger partial charge in [0.25, 0.3) is 5.91 Å². The Kier molecular flexibility index (Phi) is 5.87. The number of hydrogen-bond acceptors (Lipinski definition) is 3. The molecule has 0 bridgehead atoms. The van der Waals surface area contributed by atoms with Crippen molar-refractivity contribution < 1.29 is 9.53 Å². The standard InChI is InChI=1S/C16H24N2O2/c1-2-9-17-15-8-4-3-7-14(15)16(19)18-11-13-6-5-10-20-12-13/h3-4,7-8,13,17H,2,5-6,9-12H2,1H3,(H,18,19). The van der Waals surface area contributed by atoms with E-state index in [4.69, 9.17) is 4.74 Å². The van der Waals surface area contributed by atoms with Crippen LogP contribution >= 0.6 is 0 Å². The van der Waals surface area contributed by atoms with Crippen LogP contribution in [0.4, 0.5) is 5.69 Å². The summed E-state index contributed by atoms with van der Waals surface area (Å²) in [5.74, 6) is 0.443. The average molecular weight is 276 g/mol. The molecule has 1 aromatic rings. The molecule has 1 saturated heterocycles. The molecule has 1 fully saturated rings. The van der Waals surface area contributed by atoms with Crippen LogP contribution in [0.25, 0.3) is 0 Å². The average Bonchev–Trinajstić information content (AvgIpc) is 2.52. The minimum absolute atomic E-state index is 0.00484. The molecule has 0 aliphatic carbocycles. The summed E-state index contributed by atoms with van der Waals surface area (Å²) in [5, 5.41) is 6.32. The van der Waals surface area contributed by atoms with Gasteiger partial charge in [-0.3, -0.25) is 4.79 Å². The zero-order valence-electron chi connectivity index (χ0n) is 12.2. The second kappa shape index (κ2) is 7.90. The SMILES string of the molecule is CCCNc1ccccc1C(=O)NCC1CCCOC1. The monoisotopic (exact) mass is 276 g/mol. The van der Waals surface area contributed by atoms with Crippen molar-refractivity contribution in [1.82, 2.24) is 5.32 Å². The van der Waals surface area contributed by atoms with E-state index < -0.39 is 0 Å². The third-order valence-electron chi connectivity index (χ3n) is 3.54. The number of ether oxygens (including phenoxy) is 1. The molecule has 1 aliphatic rings. The second-order valence-electron chi connectivity index (χ2n) is 5.27. The third-order valence-corrected chi connectivity index (χ3v) is 3.54. The summed E-state index contributed by atoms with van der Waals surface area (Å²) < 4.78 is 5.43. The Labute approximate surface area is 120 Å². The van der Waals surface area contributed by atoms with E-state index in [1.807, 2.05) is 24.3 Å². The molecule has 0 aromatic heterocycles. The van der Waals surface area contributed by atoms with Gasteiger partial charge in [0.1, 0.15) is 0 Å². The molecule has 2 N–H and O–H groups in total. The Morgan fingerprint density at radius 1 is 1.40 bits per heavy atom. The lowest BCUT2D eigenvalue weighted by Gasteiger charge is -2.22. The van der Waals surface area contributed by atoms with Gasteiger partial charge in [-0.05, 0) is 37.3 Å². The number of rotatable bonds is 6. The Hall–Kier alpha value is -1.55. The van der Waals surface area contributed by atoms with Crippen LogP contribution in [0.3, 0.4) is 0 Å². The molecule has 1 aromatic carbocycles. The smallest absolute Gasteiger partial charge is 0.253 e. The largest absolute Gasteiger partial charge is 0.384 e. The maximum Gasteiger partial charge on any atom is 0.253 e. The third kappa shape index (κ3) is 4.23. The van der Waals surface area contributed by atoms with Gasteiger partial charge in [-0.25, -0.2) is 0 Å². The predicted molar refractivity (Wildman–Crippen MR) is 81.1 cm³/mol. The van der Waals surface area contributed by atoms with E-state index >= 15 is 0 Å². The van der Waals surface area contributed by atoms with Crippen molar-refractivity contribution in [2.75, 3.05) is 31.6 Å². The zero-order chi connectivity index (χ0) is 14.2. The highest BCUT2D eigenvalue weighted by Gasteiger charge is 2.16. The number of anilines is 1. The maximum absolute atomic E-state index is 12.3. The molecule has 0 spiro atoms. The molecule has 1 atom stereocenters. The van der Waals surface area contributed by atoms with Gasteiger partial charge in [-0.1, -0.05) is 19.1 Å².